The third kappa shape index (κ3) is 2.79. The van der Waals surface area contributed by atoms with Crippen molar-refractivity contribution in [3.63, 3.8) is 0 Å². The Balaban J connectivity index is 1.60. The van der Waals surface area contributed by atoms with Gasteiger partial charge in [-0.3, -0.25) is 4.79 Å². The third-order valence-electron chi connectivity index (χ3n) is 8.79. The van der Waals surface area contributed by atoms with Crippen LogP contribution in [0.1, 0.15) is 71.6 Å². The van der Waals surface area contributed by atoms with Crippen LogP contribution >= 0.6 is 0 Å². The maximum absolute atomic E-state index is 13.3. The van der Waals surface area contributed by atoms with E-state index in [0.29, 0.717) is 17.1 Å². The van der Waals surface area contributed by atoms with E-state index in [1.807, 2.05) is 0 Å². The summed E-state index contributed by atoms with van der Waals surface area (Å²) in [6.45, 7) is 11.6. The molecule has 142 valence electrons. The van der Waals surface area contributed by atoms with Gasteiger partial charge in [-0.15, -0.1) is 0 Å². The van der Waals surface area contributed by atoms with Crippen molar-refractivity contribution in [1.82, 2.24) is 0 Å². The number of Topliss-reactive ketones (excluding diaryl/α,β-unsaturated/α-hetero) is 1. The highest BCUT2D eigenvalue weighted by molar-refractivity contribution is 6.69. The lowest BCUT2D eigenvalue weighted by molar-refractivity contribution is -0.141. The number of ketones is 1. The van der Waals surface area contributed by atoms with Gasteiger partial charge in [-0.2, -0.15) is 0 Å². The first kappa shape index (κ1) is 18.2. The molecular formula is C22H38O2Si. The second-order valence-electron chi connectivity index (χ2n) is 11.2. The topological polar surface area (TPSA) is 26.3 Å². The molecule has 25 heavy (non-hydrogen) atoms. The van der Waals surface area contributed by atoms with Gasteiger partial charge < -0.3 is 4.43 Å². The van der Waals surface area contributed by atoms with E-state index >= 15 is 0 Å². The van der Waals surface area contributed by atoms with E-state index in [1.54, 1.807) is 0 Å². The van der Waals surface area contributed by atoms with Crippen LogP contribution in [0.2, 0.25) is 19.6 Å². The van der Waals surface area contributed by atoms with E-state index in [9.17, 15) is 4.79 Å². The highest BCUT2D eigenvalue weighted by Crippen LogP contribution is 2.65. The first-order chi connectivity index (χ1) is 11.7. The van der Waals surface area contributed by atoms with Gasteiger partial charge in [-0.05, 0) is 93.7 Å². The Kier molecular flexibility index (Phi) is 4.32. The number of fused-ring (bicyclic) bond motifs is 5. The van der Waals surface area contributed by atoms with Gasteiger partial charge in [0.05, 0.1) is 0 Å². The van der Waals surface area contributed by atoms with Crippen molar-refractivity contribution in [2.24, 2.45) is 34.5 Å². The monoisotopic (exact) mass is 362 g/mol. The molecule has 4 rings (SSSR count). The van der Waals surface area contributed by atoms with Crippen LogP contribution in [0.25, 0.3) is 0 Å². The zero-order valence-corrected chi connectivity index (χ0v) is 18.1. The van der Waals surface area contributed by atoms with Crippen LogP contribution in [-0.2, 0) is 9.22 Å². The molecule has 0 spiro atoms. The van der Waals surface area contributed by atoms with Crippen LogP contribution in [0.15, 0.2) is 0 Å². The summed E-state index contributed by atoms with van der Waals surface area (Å²) in [5, 5.41) is 0. The van der Waals surface area contributed by atoms with Crippen LogP contribution in [0, 0.1) is 34.5 Å². The molecule has 0 N–H and O–H groups in total. The van der Waals surface area contributed by atoms with Gasteiger partial charge in [0, 0.05) is 5.41 Å². The average Bonchev–Trinajstić information content (AvgIpc) is 2.77. The molecule has 0 aliphatic heterocycles. The number of carbonyl (C=O) groups excluding carboxylic acids is 1. The Morgan fingerprint density at radius 3 is 2.44 bits per heavy atom. The normalized spacial score (nSPS) is 50.1. The largest absolute Gasteiger partial charge is 0.408 e. The minimum absolute atomic E-state index is 0.0939. The molecule has 4 aliphatic rings. The molecular weight excluding hydrogens is 324 g/mol. The molecule has 7 atom stereocenters. The van der Waals surface area contributed by atoms with Gasteiger partial charge in [0.15, 0.2) is 14.1 Å². The summed E-state index contributed by atoms with van der Waals surface area (Å²) in [5.74, 6) is 3.63. The van der Waals surface area contributed by atoms with Crippen molar-refractivity contribution in [1.29, 1.82) is 0 Å². The summed E-state index contributed by atoms with van der Waals surface area (Å²) in [4.78, 5) is 13.3. The molecule has 0 saturated heterocycles. The zero-order chi connectivity index (χ0) is 18.0. The molecule has 0 aromatic carbocycles. The Morgan fingerprint density at radius 2 is 1.72 bits per heavy atom. The predicted octanol–water partition coefficient (Wildman–Crippen LogP) is 5.82. The Morgan fingerprint density at radius 1 is 0.960 bits per heavy atom. The summed E-state index contributed by atoms with van der Waals surface area (Å²) in [6.07, 6.45) is 11.9. The highest BCUT2D eigenvalue weighted by Gasteiger charge is 2.62. The molecule has 0 radical (unpaired) electrons. The second kappa shape index (κ2) is 5.92. The third-order valence-corrected chi connectivity index (χ3v) is 9.78. The van der Waals surface area contributed by atoms with Crippen LogP contribution < -0.4 is 0 Å². The molecule has 1 unspecified atom stereocenters. The molecule has 2 nitrogen and oxygen atoms in total. The molecule has 0 amide bonds. The number of hydrogen-bond donors (Lipinski definition) is 0. The maximum atomic E-state index is 13.3. The van der Waals surface area contributed by atoms with E-state index in [2.05, 4.69) is 33.5 Å². The summed E-state index contributed by atoms with van der Waals surface area (Å²) in [6, 6.07) is 0. The van der Waals surface area contributed by atoms with E-state index in [4.69, 9.17) is 4.43 Å². The molecule has 3 heteroatoms. The first-order valence-corrected chi connectivity index (χ1v) is 14.3. The molecule has 4 aliphatic carbocycles. The zero-order valence-electron chi connectivity index (χ0n) is 17.1. The van der Waals surface area contributed by atoms with Gasteiger partial charge in [-0.25, -0.2) is 0 Å². The van der Waals surface area contributed by atoms with Crippen molar-refractivity contribution in [3.8, 4) is 0 Å². The molecule has 0 aromatic rings. The molecule has 0 heterocycles. The first-order valence-electron chi connectivity index (χ1n) is 10.9. The SMILES string of the molecule is C[C@]12CCCCC1CC[C@@H]1[C@@H]2CC[C@]2(C)C(=O)[C@@H](O[Si](C)(C)C)C[C@@H]12. The Bertz CT molecular complexity index is 553. The van der Waals surface area contributed by atoms with Gasteiger partial charge >= 0.3 is 0 Å². The van der Waals surface area contributed by atoms with E-state index in [-0.39, 0.29) is 11.5 Å². The van der Waals surface area contributed by atoms with Gasteiger partial charge in [0.25, 0.3) is 0 Å². The fourth-order valence-corrected chi connectivity index (χ4v) is 8.65. The van der Waals surface area contributed by atoms with Gasteiger partial charge in [0.2, 0.25) is 0 Å². The van der Waals surface area contributed by atoms with Gasteiger partial charge in [0.1, 0.15) is 6.10 Å². The molecule has 0 bridgehead atoms. The lowest BCUT2D eigenvalue weighted by Crippen LogP contribution is -2.52. The number of carbonyl (C=O) groups is 1. The van der Waals surface area contributed by atoms with E-state index in [1.165, 1.54) is 44.9 Å². The lowest BCUT2D eigenvalue weighted by atomic mass is 9.45. The van der Waals surface area contributed by atoms with E-state index < -0.39 is 8.32 Å². The van der Waals surface area contributed by atoms with Crippen molar-refractivity contribution >= 4 is 14.1 Å². The Hall–Kier alpha value is -0.153. The molecule has 0 aromatic heterocycles. The smallest absolute Gasteiger partial charge is 0.184 e. The quantitative estimate of drug-likeness (QED) is 0.579. The predicted molar refractivity (Wildman–Crippen MR) is 105 cm³/mol. The van der Waals surface area contributed by atoms with Crippen LogP contribution in [0.5, 0.6) is 0 Å². The minimum Gasteiger partial charge on any atom is -0.408 e. The lowest BCUT2D eigenvalue weighted by Gasteiger charge is -2.59. The van der Waals surface area contributed by atoms with Crippen molar-refractivity contribution in [2.45, 2.75) is 97.4 Å². The van der Waals surface area contributed by atoms with E-state index in [0.717, 1.165) is 30.6 Å². The fraction of sp³-hybridized carbons (Fsp3) is 0.955. The van der Waals surface area contributed by atoms with Crippen molar-refractivity contribution < 1.29 is 9.22 Å². The summed E-state index contributed by atoms with van der Waals surface area (Å²) in [7, 11) is -1.67. The number of rotatable bonds is 2. The summed E-state index contributed by atoms with van der Waals surface area (Å²) < 4.78 is 6.37. The maximum Gasteiger partial charge on any atom is 0.184 e. The standard InChI is InChI=1S/C22H38O2Si/c1-21-12-7-6-8-15(21)9-10-16-17(21)11-13-22(2)18(16)14-19(20(22)23)24-25(3,4)5/h15-19H,6-14H2,1-5H3/t15?,16-,17+,18+,19+,21+,22+/m1/s1. The van der Waals surface area contributed by atoms with Crippen molar-refractivity contribution in [3.05, 3.63) is 0 Å². The van der Waals surface area contributed by atoms with Crippen LogP contribution in [0.4, 0.5) is 0 Å². The average molecular weight is 363 g/mol. The van der Waals surface area contributed by atoms with Crippen LogP contribution in [0.3, 0.4) is 0 Å². The number of hydrogen-bond acceptors (Lipinski definition) is 2. The van der Waals surface area contributed by atoms with Gasteiger partial charge in [-0.1, -0.05) is 26.7 Å². The summed E-state index contributed by atoms with van der Waals surface area (Å²) in [5.41, 5.74) is 0.465. The second-order valence-corrected chi connectivity index (χ2v) is 15.6. The van der Waals surface area contributed by atoms with Crippen LogP contribution in [-0.4, -0.2) is 20.2 Å². The Labute approximate surface area is 155 Å². The highest BCUT2D eigenvalue weighted by atomic mass is 28.4. The molecule has 4 saturated carbocycles. The summed E-state index contributed by atoms with van der Waals surface area (Å²) >= 11 is 0. The fourth-order valence-electron chi connectivity index (χ4n) is 7.59. The molecule has 4 fully saturated rings. The van der Waals surface area contributed by atoms with Crippen molar-refractivity contribution in [2.75, 3.05) is 0 Å². The minimum atomic E-state index is -1.67.